The maximum Gasteiger partial charge on any atom is 0.0856 e. The molecule has 0 aromatic rings. The molecule has 2 fully saturated rings. The molecule has 13 heavy (non-hydrogen) atoms. The van der Waals surface area contributed by atoms with E-state index in [2.05, 4.69) is 0 Å². The zero-order valence-electron chi connectivity index (χ0n) is 8.00. The normalized spacial score (nSPS) is 30.2. The Morgan fingerprint density at radius 3 is 2.15 bits per heavy atom. The van der Waals surface area contributed by atoms with E-state index >= 15 is 0 Å². The van der Waals surface area contributed by atoms with Crippen molar-refractivity contribution in [3.63, 3.8) is 0 Å². The third-order valence-corrected chi connectivity index (χ3v) is 6.33. The summed E-state index contributed by atoms with van der Waals surface area (Å²) in [6.45, 7) is 0. The fraction of sp³-hybridized carbons (Fsp3) is 1.00. The predicted molar refractivity (Wildman–Crippen MR) is 61.4 cm³/mol. The van der Waals surface area contributed by atoms with Crippen LogP contribution in [-0.2, 0) is 0 Å². The minimum absolute atomic E-state index is 0.325. The quantitative estimate of drug-likeness (QED) is 0.731. The van der Waals surface area contributed by atoms with Crippen LogP contribution in [0.4, 0.5) is 0 Å². The number of rotatable bonds is 1. The molecule has 0 spiro atoms. The predicted octanol–water partition coefficient (Wildman–Crippen LogP) is 2.88. The van der Waals surface area contributed by atoms with Crippen LogP contribution in [-0.4, -0.2) is 26.8 Å². The molecule has 1 saturated heterocycles. The van der Waals surface area contributed by atoms with Gasteiger partial charge >= 0.3 is 0 Å². The second kappa shape index (κ2) is 4.45. The van der Waals surface area contributed by atoms with Crippen molar-refractivity contribution in [2.24, 2.45) is 0 Å². The highest BCUT2D eigenvalue weighted by atomic mass is 32.2. The molecule has 1 aliphatic heterocycles. The maximum absolute atomic E-state index is 10.5. The van der Waals surface area contributed by atoms with Crippen LogP contribution in [0.2, 0.25) is 0 Å². The molecule has 0 unspecified atom stereocenters. The minimum atomic E-state index is -0.325. The Kier molecular flexibility index (Phi) is 3.49. The number of hydrogen-bond donors (Lipinski definition) is 1. The Morgan fingerprint density at radius 1 is 0.923 bits per heavy atom. The highest BCUT2D eigenvalue weighted by Gasteiger charge is 2.39. The first kappa shape index (κ1) is 10.2. The van der Waals surface area contributed by atoms with Crippen LogP contribution in [0.15, 0.2) is 0 Å². The van der Waals surface area contributed by atoms with Gasteiger partial charge in [-0.2, -0.15) is 0 Å². The van der Waals surface area contributed by atoms with Crippen LogP contribution >= 0.6 is 23.5 Å². The van der Waals surface area contributed by atoms with Gasteiger partial charge in [0.2, 0.25) is 0 Å². The van der Waals surface area contributed by atoms with Crippen LogP contribution in [0.3, 0.4) is 0 Å². The molecule has 1 aliphatic carbocycles. The summed E-state index contributed by atoms with van der Waals surface area (Å²) in [5, 5.41) is 10.5. The van der Waals surface area contributed by atoms with Gasteiger partial charge in [-0.25, -0.2) is 0 Å². The lowest BCUT2D eigenvalue weighted by atomic mass is 9.86. The van der Waals surface area contributed by atoms with Gasteiger partial charge in [0.15, 0.2) is 0 Å². The van der Waals surface area contributed by atoms with Crippen molar-refractivity contribution in [1.82, 2.24) is 0 Å². The average Bonchev–Trinajstić information content (AvgIpc) is 2.20. The summed E-state index contributed by atoms with van der Waals surface area (Å²) in [7, 11) is 0. The van der Waals surface area contributed by atoms with Crippen molar-refractivity contribution in [2.45, 2.75) is 48.7 Å². The molecular weight excluding hydrogens is 200 g/mol. The van der Waals surface area contributed by atoms with Gasteiger partial charge in [0, 0.05) is 0 Å². The van der Waals surface area contributed by atoms with Gasteiger partial charge in [-0.15, -0.1) is 23.5 Å². The molecular formula is C10H18OS2. The van der Waals surface area contributed by atoms with E-state index in [0.29, 0.717) is 4.58 Å². The lowest BCUT2D eigenvalue weighted by Gasteiger charge is -2.40. The highest BCUT2D eigenvalue weighted by molar-refractivity contribution is 8.17. The molecule has 1 N–H and O–H groups in total. The number of thioether (sulfide) groups is 2. The molecule has 1 saturated carbocycles. The number of aliphatic hydroxyl groups is 1. The maximum atomic E-state index is 10.5. The van der Waals surface area contributed by atoms with Gasteiger partial charge < -0.3 is 5.11 Å². The smallest absolute Gasteiger partial charge is 0.0856 e. The topological polar surface area (TPSA) is 20.2 Å². The van der Waals surface area contributed by atoms with Crippen molar-refractivity contribution in [2.75, 3.05) is 11.5 Å². The molecule has 0 aromatic carbocycles. The first-order chi connectivity index (χ1) is 6.31. The standard InChI is InChI=1S/C10H18OS2/c11-10(5-2-1-3-6-10)9-12-7-4-8-13-9/h9,11H,1-8H2. The molecule has 0 aromatic heterocycles. The second-order valence-electron chi connectivity index (χ2n) is 4.09. The minimum Gasteiger partial charge on any atom is -0.388 e. The Balaban J connectivity index is 1.94. The lowest BCUT2D eigenvalue weighted by Crippen LogP contribution is -2.41. The Hall–Kier alpha value is 0.660. The van der Waals surface area contributed by atoms with E-state index in [-0.39, 0.29) is 5.60 Å². The van der Waals surface area contributed by atoms with Crippen LogP contribution < -0.4 is 0 Å². The Labute approximate surface area is 89.1 Å². The first-order valence-corrected chi connectivity index (χ1v) is 7.37. The van der Waals surface area contributed by atoms with E-state index in [4.69, 9.17) is 0 Å². The zero-order chi connectivity index (χ0) is 9.15. The third-order valence-electron chi connectivity index (χ3n) is 2.99. The zero-order valence-corrected chi connectivity index (χ0v) is 9.63. The van der Waals surface area contributed by atoms with Gasteiger partial charge in [-0.05, 0) is 30.8 Å². The molecule has 1 nitrogen and oxygen atoms in total. The summed E-state index contributed by atoms with van der Waals surface area (Å²) in [5.74, 6) is 2.50. The van der Waals surface area contributed by atoms with Crippen LogP contribution in [0.1, 0.15) is 38.5 Å². The summed E-state index contributed by atoms with van der Waals surface area (Å²) in [6.07, 6.45) is 7.18. The van der Waals surface area contributed by atoms with E-state index < -0.39 is 0 Å². The molecule has 3 heteroatoms. The van der Waals surface area contributed by atoms with E-state index in [1.807, 2.05) is 23.5 Å². The van der Waals surface area contributed by atoms with Crippen molar-refractivity contribution in [3.8, 4) is 0 Å². The van der Waals surface area contributed by atoms with Gasteiger partial charge in [0.25, 0.3) is 0 Å². The fourth-order valence-electron chi connectivity index (χ4n) is 2.20. The summed E-state index contributed by atoms with van der Waals surface area (Å²) in [6, 6.07) is 0. The summed E-state index contributed by atoms with van der Waals surface area (Å²) >= 11 is 3.96. The van der Waals surface area contributed by atoms with Gasteiger partial charge in [0.1, 0.15) is 0 Å². The average molecular weight is 218 g/mol. The highest BCUT2D eigenvalue weighted by Crippen LogP contribution is 2.44. The summed E-state index contributed by atoms with van der Waals surface area (Å²) in [4.78, 5) is 0. The molecule has 2 rings (SSSR count). The van der Waals surface area contributed by atoms with E-state index in [9.17, 15) is 5.11 Å². The van der Waals surface area contributed by atoms with Crippen molar-refractivity contribution < 1.29 is 5.11 Å². The lowest BCUT2D eigenvalue weighted by molar-refractivity contribution is 0.0199. The van der Waals surface area contributed by atoms with Gasteiger partial charge in [-0.3, -0.25) is 0 Å². The molecule has 1 heterocycles. The molecule has 76 valence electrons. The van der Waals surface area contributed by atoms with Crippen LogP contribution in [0.5, 0.6) is 0 Å². The van der Waals surface area contributed by atoms with Crippen LogP contribution in [0, 0.1) is 0 Å². The molecule has 0 atom stereocenters. The summed E-state index contributed by atoms with van der Waals surface area (Å²) < 4.78 is 0.474. The monoisotopic (exact) mass is 218 g/mol. The van der Waals surface area contributed by atoms with Crippen molar-refractivity contribution in [1.29, 1.82) is 0 Å². The van der Waals surface area contributed by atoms with E-state index in [1.54, 1.807) is 0 Å². The van der Waals surface area contributed by atoms with Crippen LogP contribution in [0.25, 0.3) is 0 Å². The van der Waals surface area contributed by atoms with Crippen molar-refractivity contribution in [3.05, 3.63) is 0 Å². The van der Waals surface area contributed by atoms with E-state index in [1.165, 1.54) is 37.2 Å². The Morgan fingerprint density at radius 2 is 1.54 bits per heavy atom. The third kappa shape index (κ3) is 2.37. The SMILES string of the molecule is OC1(C2SCCCS2)CCCCC1. The number of hydrogen-bond acceptors (Lipinski definition) is 3. The largest absolute Gasteiger partial charge is 0.388 e. The van der Waals surface area contributed by atoms with Gasteiger partial charge in [0.05, 0.1) is 10.2 Å². The molecule has 2 aliphatic rings. The molecule has 0 amide bonds. The first-order valence-electron chi connectivity index (χ1n) is 5.27. The summed E-state index contributed by atoms with van der Waals surface area (Å²) in [5.41, 5.74) is -0.325. The van der Waals surface area contributed by atoms with Crippen molar-refractivity contribution >= 4 is 23.5 Å². The Bertz CT molecular complexity index is 160. The fourth-order valence-corrected chi connectivity index (χ4v) is 5.48. The molecule has 0 bridgehead atoms. The van der Waals surface area contributed by atoms with E-state index in [0.717, 1.165) is 12.8 Å². The molecule has 0 radical (unpaired) electrons. The van der Waals surface area contributed by atoms with Gasteiger partial charge in [-0.1, -0.05) is 19.3 Å². The second-order valence-corrected chi connectivity index (χ2v) is 6.82.